The van der Waals surface area contributed by atoms with E-state index in [-0.39, 0.29) is 24.2 Å². The first-order chi connectivity index (χ1) is 14.5. The van der Waals surface area contributed by atoms with Crippen LogP contribution in [0, 0.1) is 5.82 Å². The van der Waals surface area contributed by atoms with Crippen LogP contribution in [0.1, 0.15) is 57.1 Å². The van der Waals surface area contributed by atoms with Crippen LogP contribution in [-0.2, 0) is 22.6 Å². The van der Waals surface area contributed by atoms with Gasteiger partial charge in [-0.2, -0.15) is 0 Å². The average Bonchev–Trinajstić information content (AvgIpc) is 2.75. The minimum Gasteiger partial charge on any atom is -0.354 e. The Labute approximate surface area is 179 Å². The van der Waals surface area contributed by atoms with Gasteiger partial charge in [-0.3, -0.25) is 9.59 Å². The number of hydrogen-bond acceptors (Lipinski definition) is 2. The van der Waals surface area contributed by atoms with Gasteiger partial charge in [0.25, 0.3) is 0 Å². The van der Waals surface area contributed by atoms with E-state index in [1.54, 1.807) is 17.0 Å². The molecule has 2 rings (SSSR count). The van der Waals surface area contributed by atoms with E-state index in [4.69, 9.17) is 0 Å². The highest BCUT2D eigenvalue weighted by Gasteiger charge is 2.29. The molecule has 0 bridgehead atoms. The second-order valence-corrected chi connectivity index (χ2v) is 7.60. The predicted octanol–water partition coefficient (Wildman–Crippen LogP) is 4.87. The van der Waals surface area contributed by atoms with E-state index in [0.717, 1.165) is 30.4 Å². The van der Waals surface area contributed by atoms with Gasteiger partial charge in [0.15, 0.2) is 0 Å². The van der Waals surface area contributed by atoms with Gasteiger partial charge in [-0.1, -0.05) is 69.2 Å². The lowest BCUT2D eigenvalue weighted by Crippen LogP contribution is -2.50. The van der Waals surface area contributed by atoms with Crippen molar-refractivity contribution in [1.82, 2.24) is 10.2 Å². The number of nitrogens with one attached hydrogen (secondary N) is 1. The summed E-state index contributed by atoms with van der Waals surface area (Å²) in [5.41, 5.74) is 1.80. The third kappa shape index (κ3) is 7.62. The number of amides is 2. The standard InChI is InChI=1S/C25H33FN2O2/c1-3-5-9-17-27-25(30)23(18-20-11-7-6-8-12-20)28(24(29)10-4-2)19-21-13-15-22(26)16-14-21/h6-8,11-16,23H,3-5,9-10,17-19H2,1-2H3,(H,27,30)/t23-/m1/s1. The summed E-state index contributed by atoms with van der Waals surface area (Å²) >= 11 is 0. The molecule has 0 spiro atoms. The summed E-state index contributed by atoms with van der Waals surface area (Å²) in [4.78, 5) is 27.8. The fourth-order valence-corrected chi connectivity index (χ4v) is 3.40. The van der Waals surface area contributed by atoms with E-state index in [1.807, 2.05) is 37.3 Å². The number of benzene rings is 2. The monoisotopic (exact) mass is 412 g/mol. The van der Waals surface area contributed by atoms with Crippen molar-refractivity contribution in [2.45, 2.75) is 65.0 Å². The van der Waals surface area contributed by atoms with Crippen molar-refractivity contribution in [3.8, 4) is 0 Å². The van der Waals surface area contributed by atoms with Gasteiger partial charge in [-0.15, -0.1) is 0 Å². The van der Waals surface area contributed by atoms with Gasteiger partial charge in [0.1, 0.15) is 11.9 Å². The molecule has 1 atom stereocenters. The molecule has 2 aromatic carbocycles. The highest BCUT2D eigenvalue weighted by molar-refractivity contribution is 5.88. The molecule has 30 heavy (non-hydrogen) atoms. The quantitative estimate of drug-likeness (QED) is 0.506. The Morgan fingerprint density at radius 1 is 0.933 bits per heavy atom. The van der Waals surface area contributed by atoms with Crippen LogP contribution in [0.4, 0.5) is 4.39 Å². The van der Waals surface area contributed by atoms with Gasteiger partial charge in [0.2, 0.25) is 11.8 Å². The molecule has 2 aromatic rings. The minimum atomic E-state index is -0.613. The third-order valence-corrected chi connectivity index (χ3v) is 5.08. The zero-order valence-corrected chi connectivity index (χ0v) is 18.1. The Morgan fingerprint density at radius 2 is 1.63 bits per heavy atom. The van der Waals surface area contributed by atoms with Gasteiger partial charge in [0, 0.05) is 25.9 Å². The fraction of sp³-hybridized carbons (Fsp3) is 0.440. The molecule has 162 valence electrons. The number of unbranched alkanes of at least 4 members (excludes halogenated alkanes) is 2. The molecule has 1 N–H and O–H groups in total. The molecular weight excluding hydrogens is 379 g/mol. The molecular formula is C25H33FN2O2. The van der Waals surface area contributed by atoms with Crippen LogP contribution in [0.25, 0.3) is 0 Å². The minimum absolute atomic E-state index is 0.0635. The first-order valence-electron chi connectivity index (χ1n) is 10.9. The molecule has 0 saturated carbocycles. The van der Waals surface area contributed by atoms with Gasteiger partial charge < -0.3 is 10.2 Å². The van der Waals surface area contributed by atoms with E-state index in [9.17, 15) is 14.0 Å². The zero-order valence-electron chi connectivity index (χ0n) is 18.1. The topological polar surface area (TPSA) is 49.4 Å². The number of carbonyl (C=O) groups excluding carboxylic acids is 2. The number of rotatable bonds is 12. The number of hydrogen-bond donors (Lipinski definition) is 1. The van der Waals surface area contributed by atoms with Crippen molar-refractivity contribution in [2.75, 3.05) is 6.54 Å². The van der Waals surface area contributed by atoms with Crippen molar-refractivity contribution in [3.63, 3.8) is 0 Å². The zero-order chi connectivity index (χ0) is 21.8. The van der Waals surface area contributed by atoms with Gasteiger partial charge in [-0.25, -0.2) is 4.39 Å². The van der Waals surface area contributed by atoms with Crippen LogP contribution in [0.5, 0.6) is 0 Å². The van der Waals surface area contributed by atoms with Crippen molar-refractivity contribution in [1.29, 1.82) is 0 Å². The summed E-state index contributed by atoms with van der Waals surface area (Å²) < 4.78 is 13.3. The van der Waals surface area contributed by atoms with Crippen LogP contribution in [0.15, 0.2) is 54.6 Å². The van der Waals surface area contributed by atoms with Crippen LogP contribution in [-0.4, -0.2) is 29.3 Å². The summed E-state index contributed by atoms with van der Waals surface area (Å²) in [6.07, 6.45) is 4.56. The Bertz CT molecular complexity index is 777. The smallest absolute Gasteiger partial charge is 0.243 e. The lowest BCUT2D eigenvalue weighted by atomic mass is 10.0. The first kappa shape index (κ1) is 23.6. The normalized spacial score (nSPS) is 11.7. The molecule has 0 saturated heterocycles. The molecule has 0 aliphatic rings. The largest absolute Gasteiger partial charge is 0.354 e. The summed E-state index contributed by atoms with van der Waals surface area (Å²) in [6, 6.07) is 15.2. The molecule has 0 heterocycles. The summed E-state index contributed by atoms with van der Waals surface area (Å²) in [6.45, 7) is 4.95. The highest BCUT2D eigenvalue weighted by atomic mass is 19.1. The lowest BCUT2D eigenvalue weighted by molar-refractivity contribution is -0.141. The van der Waals surface area contributed by atoms with Crippen LogP contribution in [0.2, 0.25) is 0 Å². The highest BCUT2D eigenvalue weighted by Crippen LogP contribution is 2.17. The maximum atomic E-state index is 13.3. The van der Waals surface area contributed by atoms with Crippen LogP contribution in [0.3, 0.4) is 0 Å². The molecule has 2 amide bonds. The fourth-order valence-electron chi connectivity index (χ4n) is 3.40. The van der Waals surface area contributed by atoms with E-state index in [0.29, 0.717) is 25.8 Å². The van der Waals surface area contributed by atoms with Crippen LogP contribution < -0.4 is 5.32 Å². The van der Waals surface area contributed by atoms with E-state index < -0.39 is 6.04 Å². The Kier molecular flexibility index (Phi) is 10.1. The molecule has 0 fully saturated rings. The predicted molar refractivity (Wildman–Crippen MR) is 118 cm³/mol. The maximum Gasteiger partial charge on any atom is 0.243 e. The SMILES string of the molecule is CCCCCNC(=O)[C@@H](Cc1ccccc1)N(Cc1ccc(F)cc1)C(=O)CCC. The second-order valence-electron chi connectivity index (χ2n) is 7.60. The molecule has 0 radical (unpaired) electrons. The molecule has 5 heteroatoms. The summed E-state index contributed by atoms with van der Waals surface area (Å²) in [7, 11) is 0. The first-order valence-corrected chi connectivity index (χ1v) is 10.9. The molecule has 4 nitrogen and oxygen atoms in total. The van der Waals surface area contributed by atoms with E-state index in [1.165, 1.54) is 12.1 Å². The molecule has 0 aliphatic carbocycles. The second kappa shape index (κ2) is 12.8. The number of nitrogens with zero attached hydrogens (tertiary/aromatic N) is 1. The van der Waals surface area contributed by atoms with E-state index in [2.05, 4.69) is 12.2 Å². The van der Waals surface area contributed by atoms with Gasteiger partial charge in [-0.05, 0) is 36.1 Å². The van der Waals surface area contributed by atoms with Crippen molar-refractivity contribution in [2.24, 2.45) is 0 Å². The van der Waals surface area contributed by atoms with Crippen molar-refractivity contribution in [3.05, 3.63) is 71.5 Å². The Morgan fingerprint density at radius 3 is 2.27 bits per heavy atom. The Balaban J connectivity index is 2.27. The molecule has 0 aliphatic heterocycles. The Hall–Kier alpha value is -2.69. The van der Waals surface area contributed by atoms with Gasteiger partial charge in [0.05, 0.1) is 0 Å². The lowest BCUT2D eigenvalue weighted by Gasteiger charge is -2.31. The number of halogens is 1. The van der Waals surface area contributed by atoms with Crippen molar-refractivity contribution < 1.29 is 14.0 Å². The van der Waals surface area contributed by atoms with Crippen molar-refractivity contribution >= 4 is 11.8 Å². The summed E-state index contributed by atoms with van der Waals surface area (Å²) in [5.74, 6) is -0.521. The third-order valence-electron chi connectivity index (χ3n) is 5.08. The number of carbonyl (C=O) groups is 2. The van der Waals surface area contributed by atoms with E-state index >= 15 is 0 Å². The molecule has 0 aromatic heterocycles. The van der Waals surface area contributed by atoms with Gasteiger partial charge >= 0.3 is 0 Å². The summed E-state index contributed by atoms with van der Waals surface area (Å²) in [5, 5.41) is 3.02. The van der Waals surface area contributed by atoms with Crippen LogP contribution >= 0.6 is 0 Å². The average molecular weight is 413 g/mol. The molecule has 0 unspecified atom stereocenters. The maximum absolute atomic E-state index is 13.3.